The van der Waals surface area contributed by atoms with Crippen molar-refractivity contribution in [2.75, 3.05) is 39.3 Å². The van der Waals surface area contributed by atoms with E-state index in [0.717, 1.165) is 32.7 Å². The Hall–Kier alpha value is -0.940. The van der Waals surface area contributed by atoms with Crippen molar-refractivity contribution in [1.82, 2.24) is 10.2 Å². The summed E-state index contributed by atoms with van der Waals surface area (Å²) in [5.74, 6) is 0. The van der Waals surface area contributed by atoms with E-state index in [2.05, 4.69) is 10.2 Å². The molecular formula is C8H15N3O2. The summed E-state index contributed by atoms with van der Waals surface area (Å²) < 4.78 is 0. The van der Waals surface area contributed by atoms with Crippen LogP contribution in [0, 0.1) is 10.1 Å². The molecule has 0 amide bonds. The average Bonchev–Trinajstić information content (AvgIpc) is 2.14. The van der Waals surface area contributed by atoms with Gasteiger partial charge in [-0.25, -0.2) is 0 Å². The lowest BCUT2D eigenvalue weighted by atomic mass is 10.3. The van der Waals surface area contributed by atoms with Gasteiger partial charge in [-0.05, 0) is 6.08 Å². The summed E-state index contributed by atoms with van der Waals surface area (Å²) in [6, 6.07) is 0. The predicted molar refractivity (Wildman–Crippen MR) is 50.3 cm³/mol. The summed E-state index contributed by atoms with van der Waals surface area (Å²) >= 11 is 0. The van der Waals surface area contributed by atoms with Crippen LogP contribution >= 0.6 is 0 Å². The van der Waals surface area contributed by atoms with Crippen LogP contribution in [0.25, 0.3) is 0 Å². The van der Waals surface area contributed by atoms with Gasteiger partial charge in [-0.2, -0.15) is 0 Å². The highest BCUT2D eigenvalue weighted by Gasteiger charge is 2.06. The molecule has 5 nitrogen and oxygen atoms in total. The minimum atomic E-state index is -0.325. The van der Waals surface area contributed by atoms with Gasteiger partial charge in [0.05, 0.1) is 0 Å². The molecule has 0 radical (unpaired) electrons. The predicted octanol–water partition coefficient (Wildman–Crippen LogP) is -0.276. The highest BCUT2D eigenvalue weighted by atomic mass is 16.6. The molecule has 1 N–H and O–H groups in total. The molecule has 0 aromatic heterocycles. The van der Waals surface area contributed by atoms with Gasteiger partial charge in [0, 0.05) is 37.6 Å². The highest BCUT2D eigenvalue weighted by Crippen LogP contribution is 1.91. The molecule has 0 aliphatic carbocycles. The van der Waals surface area contributed by atoms with Gasteiger partial charge >= 0.3 is 0 Å². The van der Waals surface area contributed by atoms with Gasteiger partial charge in [-0.15, -0.1) is 0 Å². The number of piperazine rings is 1. The fraction of sp³-hybridized carbons (Fsp3) is 0.750. The Morgan fingerprint density at radius 3 is 2.69 bits per heavy atom. The van der Waals surface area contributed by atoms with Crippen LogP contribution in [0.1, 0.15) is 0 Å². The van der Waals surface area contributed by atoms with E-state index in [1.807, 2.05) is 6.08 Å². The fourth-order valence-corrected chi connectivity index (χ4v) is 1.28. The first-order valence-electron chi connectivity index (χ1n) is 4.49. The minimum absolute atomic E-state index is 0.0634. The third kappa shape index (κ3) is 4.59. The van der Waals surface area contributed by atoms with E-state index in [9.17, 15) is 10.1 Å². The lowest BCUT2D eigenvalue weighted by Crippen LogP contribution is -2.43. The smallest absolute Gasteiger partial charge is 0.222 e. The van der Waals surface area contributed by atoms with Gasteiger partial charge in [0.2, 0.25) is 6.54 Å². The maximum absolute atomic E-state index is 9.98. The lowest BCUT2D eigenvalue weighted by Gasteiger charge is -2.25. The zero-order valence-electron chi connectivity index (χ0n) is 7.61. The average molecular weight is 185 g/mol. The molecule has 0 atom stereocenters. The molecule has 0 spiro atoms. The van der Waals surface area contributed by atoms with Crippen molar-refractivity contribution in [2.24, 2.45) is 0 Å². The van der Waals surface area contributed by atoms with E-state index >= 15 is 0 Å². The third-order valence-electron chi connectivity index (χ3n) is 1.99. The Kier molecular flexibility index (Phi) is 4.42. The largest absolute Gasteiger partial charge is 0.314 e. The summed E-state index contributed by atoms with van der Waals surface area (Å²) in [7, 11) is 0. The Morgan fingerprint density at radius 1 is 1.38 bits per heavy atom. The van der Waals surface area contributed by atoms with Crippen molar-refractivity contribution in [2.45, 2.75) is 0 Å². The molecule has 74 valence electrons. The van der Waals surface area contributed by atoms with Gasteiger partial charge in [0.15, 0.2) is 0 Å². The summed E-state index contributed by atoms with van der Waals surface area (Å²) in [5, 5.41) is 13.2. The van der Waals surface area contributed by atoms with Crippen LogP contribution in [0.5, 0.6) is 0 Å². The molecule has 0 aromatic carbocycles. The number of hydrogen-bond acceptors (Lipinski definition) is 4. The van der Waals surface area contributed by atoms with Crippen LogP contribution in [0.15, 0.2) is 12.2 Å². The first kappa shape index (κ1) is 10.1. The molecular weight excluding hydrogens is 170 g/mol. The van der Waals surface area contributed by atoms with Crippen LogP contribution in [0.3, 0.4) is 0 Å². The highest BCUT2D eigenvalue weighted by molar-refractivity contribution is 4.85. The molecule has 1 aliphatic heterocycles. The maximum Gasteiger partial charge on any atom is 0.222 e. The molecule has 0 saturated carbocycles. The molecule has 5 heteroatoms. The van der Waals surface area contributed by atoms with Crippen molar-refractivity contribution in [1.29, 1.82) is 0 Å². The van der Waals surface area contributed by atoms with Crippen molar-refractivity contribution < 1.29 is 4.92 Å². The first-order chi connectivity index (χ1) is 6.29. The Morgan fingerprint density at radius 2 is 2.08 bits per heavy atom. The molecule has 1 rings (SSSR count). The third-order valence-corrected chi connectivity index (χ3v) is 1.99. The zero-order valence-corrected chi connectivity index (χ0v) is 7.61. The van der Waals surface area contributed by atoms with E-state index in [1.165, 1.54) is 0 Å². The van der Waals surface area contributed by atoms with E-state index < -0.39 is 0 Å². The summed E-state index contributed by atoms with van der Waals surface area (Å²) in [6.07, 6.45) is 3.48. The molecule has 1 heterocycles. The van der Waals surface area contributed by atoms with Crippen LogP contribution in [-0.4, -0.2) is 49.1 Å². The number of hydrogen-bond donors (Lipinski definition) is 1. The number of rotatable bonds is 4. The molecule has 0 aromatic rings. The number of nitrogens with one attached hydrogen (secondary N) is 1. The molecule has 13 heavy (non-hydrogen) atoms. The molecule has 0 unspecified atom stereocenters. The molecule has 0 bridgehead atoms. The Bertz CT molecular complexity index is 188. The van der Waals surface area contributed by atoms with Gasteiger partial charge in [-0.3, -0.25) is 15.0 Å². The van der Waals surface area contributed by atoms with Gasteiger partial charge < -0.3 is 5.32 Å². The summed E-state index contributed by atoms with van der Waals surface area (Å²) in [5.41, 5.74) is 0. The second kappa shape index (κ2) is 5.66. The number of nitrogens with zero attached hydrogens (tertiary/aromatic N) is 2. The maximum atomic E-state index is 9.98. The molecule has 1 fully saturated rings. The Balaban J connectivity index is 2.09. The quantitative estimate of drug-likeness (QED) is 0.372. The van der Waals surface area contributed by atoms with Crippen LogP contribution < -0.4 is 5.32 Å². The van der Waals surface area contributed by atoms with Gasteiger partial charge in [0.25, 0.3) is 0 Å². The normalized spacial score (nSPS) is 19.4. The van der Waals surface area contributed by atoms with Gasteiger partial charge in [-0.1, -0.05) is 6.08 Å². The van der Waals surface area contributed by atoms with Crippen molar-refractivity contribution >= 4 is 0 Å². The fourth-order valence-electron chi connectivity index (χ4n) is 1.28. The SMILES string of the molecule is O=[N+]([O-])C/C=C\CN1CCNCC1. The van der Waals surface area contributed by atoms with Crippen molar-refractivity contribution in [3.05, 3.63) is 22.3 Å². The second-order valence-electron chi connectivity index (χ2n) is 3.04. The van der Waals surface area contributed by atoms with Crippen molar-refractivity contribution in [3.63, 3.8) is 0 Å². The second-order valence-corrected chi connectivity index (χ2v) is 3.04. The summed E-state index contributed by atoms with van der Waals surface area (Å²) in [4.78, 5) is 11.9. The number of nitro groups is 1. The van der Waals surface area contributed by atoms with Crippen LogP contribution in [-0.2, 0) is 0 Å². The topological polar surface area (TPSA) is 58.4 Å². The molecule has 1 aliphatic rings. The monoisotopic (exact) mass is 185 g/mol. The van der Waals surface area contributed by atoms with Crippen LogP contribution in [0.4, 0.5) is 0 Å². The van der Waals surface area contributed by atoms with E-state index in [0.29, 0.717) is 0 Å². The van der Waals surface area contributed by atoms with E-state index in [4.69, 9.17) is 0 Å². The minimum Gasteiger partial charge on any atom is -0.314 e. The van der Waals surface area contributed by atoms with E-state index in [1.54, 1.807) is 6.08 Å². The van der Waals surface area contributed by atoms with Crippen molar-refractivity contribution in [3.8, 4) is 0 Å². The van der Waals surface area contributed by atoms with E-state index in [-0.39, 0.29) is 11.5 Å². The zero-order chi connectivity index (χ0) is 9.52. The first-order valence-corrected chi connectivity index (χ1v) is 4.49. The van der Waals surface area contributed by atoms with Gasteiger partial charge in [0.1, 0.15) is 0 Å². The Labute approximate surface area is 77.6 Å². The standard InChI is InChI=1S/C8H15N3O2/c12-11(13)6-2-1-5-10-7-3-9-4-8-10/h1-2,9H,3-8H2/b2-1-. The summed E-state index contributed by atoms with van der Waals surface area (Å²) in [6.45, 7) is 4.86. The molecule has 1 saturated heterocycles. The lowest BCUT2D eigenvalue weighted by molar-refractivity contribution is -0.468. The van der Waals surface area contributed by atoms with Crippen LogP contribution in [0.2, 0.25) is 0 Å².